The standard InChI is InChI=1S/C17H19NO/c1-11-16(14-6-4-5-7-15(14)18-11)12-8-13(19)10-17(2,3)9-12/h4-8,18H,9-10H2,1-3H3. The van der Waals surface area contributed by atoms with Crippen LogP contribution in [0.25, 0.3) is 16.5 Å². The Morgan fingerprint density at radius 2 is 1.89 bits per heavy atom. The summed E-state index contributed by atoms with van der Waals surface area (Å²) in [6.45, 7) is 6.42. The number of nitrogens with one attached hydrogen (secondary N) is 1. The van der Waals surface area contributed by atoms with Crippen molar-refractivity contribution >= 4 is 22.3 Å². The van der Waals surface area contributed by atoms with E-state index in [1.807, 2.05) is 12.1 Å². The van der Waals surface area contributed by atoms with Crippen molar-refractivity contribution in [3.8, 4) is 0 Å². The molecule has 1 aromatic heterocycles. The fourth-order valence-corrected chi connectivity index (χ4v) is 3.20. The Morgan fingerprint density at radius 1 is 1.16 bits per heavy atom. The first kappa shape index (κ1) is 12.2. The van der Waals surface area contributed by atoms with Gasteiger partial charge >= 0.3 is 0 Å². The van der Waals surface area contributed by atoms with Gasteiger partial charge in [-0.05, 0) is 36.5 Å². The summed E-state index contributed by atoms with van der Waals surface area (Å²) in [6, 6.07) is 8.30. The minimum absolute atomic E-state index is 0.0615. The molecule has 0 fully saturated rings. The molecule has 0 saturated carbocycles. The largest absolute Gasteiger partial charge is 0.358 e. The number of aryl methyl sites for hydroxylation is 1. The normalized spacial score (nSPS) is 18.7. The number of hydrogen-bond donors (Lipinski definition) is 1. The Bertz CT molecular complexity index is 688. The average Bonchev–Trinajstić information content (AvgIpc) is 2.61. The van der Waals surface area contributed by atoms with Gasteiger partial charge in [0.15, 0.2) is 5.78 Å². The van der Waals surface area contributed by atoms with Gasteiger partial charge in [0.2, 0.25) is 0 Å². The lowest BCUT2D eigenvalue weighted by molar-refractivity contribution is -0.116. The molecule has 1 aromatic carbocycles. The third-order valence-corrected chi connectivity index (χ3v) is 3.87. The van der Waals surface area contributed by atoms with Crippen molar-refractivity contribution in [2.45, 2.75) is 33.6 Å². The smallest absolute Gasteiger partial charge is 0.156 e. The first-order valence-electron chi connectivity index (χ1n) is 6.77. The molecule has 1 aliphatic rings. The number of carbonyl (C=O) groups is 1. The van der Waals surface area contributed by atoms with Crippen molar-refractivity contribution in [1.29, 1.82) is 0 Å². The molecule has 98 valence electrons. The summed E-state index contributed by atoms with van der Waals surface area (Å²) in [5.41, 5.74) is 4.75. The zero-order valence-corrected chi connectivity index (χ0v) is 11.7. The minimum Gasteiger partial charge on any atom is -0.358 e. The van der Waals surface area contributed by atoms with Crippen molar-refractivity contribution < 1.29 is 4.79 Å². The molecule has 19 heavy (non-hydrogen) atoms. The number of H-pyrrole nitrogens is 1. The third kappa shape index (κ3) is 2.12. The fraction of sp³-hybridized carbons (Fsp3) is 0.353. The Hall–Kier alpha value is -1.83. The zero-order valence-electron chi connectivity index (χ0n) is 11.7. The molecular formula is C17H19NO. The van der Waals surface area contributed by atoms with Crippen LogP contribution in [0, 0.1) is 12.3 Å². The van der Waals surface area contributed by atoms with E-state index >= 15 is 0 Å². The number of carbonyl (C=O) groups excluding carboxylic acids is 1. The number of hydrogen-bond acceptors (Lipinski definition) is 1. The molecule has 0 unspecified atom stereocenters. The van der Waals surface area contributed by atoms with Crippen LogP contribution in [0.3, 0.4) is 0 Å². The summed E-state index contributed by atoms with van der Waals surface area (Å²) in [5, 5.41) is 1.22. The maximum Gasteiger partial charge on any atom is 0.156 e. The van der Waals surface area contributed by atoms with E-state index in [4.69, 9.17) is 0 Å². The summed E-state index contributed by atoms with van der Waals surface area (Å²) < 4.78 is 0. The van der Waals surface area contributed by atoms with Crippen molar-refractivity contribution in [2.24, 2.45) is 5.41 Å². The number of para-hydroxylation sites is 1. The maximum atomic E-state index is 11.9. The van der Waals surface area contributed by atoms with Crippen molar-refractivity contribution in [1.82, 2.24) is 4.98 Å². The SMILES string of the molecule is Cc1[nH]c2ccccc2c1C1=CC(=O)CC(C)(C)C1. The molecule has 1 N–H and O–H groups in total. The second-order valence-corrected chi connectivity index (χ2v) is 6.32. The quantitative estimate of drug-likeness (QED) is 0.809. The lowest BCUT2D eigenvalue weighted by atomic mass is 9.75. The van der Waals surface area contributed by atoms with Gasteiger partial charge in [-0.3, -0.25) is 4.79 Å². The molecular weight excluding hydrogens is 234 g/mol. The number of aromatic amines is 1. The van der Waals surface area contributed by atoms with Crippen LogP contribution in [0.1, 0.15) is 37.9 Å². The first-order chi connectivity index (χ1) is 8.96. The number of rotatable bonds is 1. The summed E-state index contributed by atoms with van der Waals surface area (Å²) in [6.07, 6.45) is 3.45. The van der Waals surface area contributed by atoms with Crippen LogP contribution in [0.5, 0.6) is 0 Å². The van der Waals surface area contributed by atoms with Gasteiger partial charge in [0, 0.05) is 28.6 Å². The van der Waals surface area contributed by atoms with Gasteiger partial charge in [0.1, 0.15) is 0 Å². The van der Waals surface area contributed by atoms with Gasteiger partial charge in [-0.15, -0.1) is 0 Å². The van der Waals surface area contributed by atoms with E-state index in [2.05, 4.69) is 44.0 Å². The van der Waals surface area contributed by atoms with E-state index in [0.717, 1.165) is 17.6 Å². The second kappa shape index (κ2) is 4.09. The topological polar surface area (TPSA) is 32.9 Å². The highest BCUT2D eigenvalue weighted by molar-refractivity contribution is 6.04. The third-order valence-electron chi connectivity index (χ3n) is 3.87. The summed E-state index contributed by atoms with van der Waals surface area (Å²) in [7, 11) is 0. The molecule has 1 heterocycles. The molecule has 2 nitrogen and oxygen atoms in total. The number of allylic oxidation sites excluding steroid dienone is 2. The predicted molar refractivity (Wildman–Crippen MR) is 79.0 cm³/mol. The monoisotopic (exact) mass is 253 g/mol. The van der Waals surface area contributed by atoms with Crippen molar-refractivity contribution in [2.75, 3.05) is 0 Å². The van der Waals surface area contributed by atoms with E-state index in [0.29, 0.717) is 6.42 Å². The van der Waals surface area contributed by atoms with E-state index in [1.54, 1.807) is 0 Å². The fourth-order valence-electron chi connectivity index (χ4n) is 3.20. The lowest BCUT2D eigenvalue weighted by Gasteiger charge is -2.29. The molecule has 0 saturated heterocycles. The zero-order chi connectivity index (χ0) is 13.6. The molecule has 2 heteroatoms. The molecule has 0 atom stereocenters. The Kier molecular flexibility index (Phi) is 2.63. The Labute approximate surface area is 113 Å². The van der Waals surface area contributed by atoms with E-state index < -0.39 is 0 Å². The number of ketones is 1. The Morgan fingerprint density at radius 3 is 2.63 bits per heavy atom. The molecule has 0 aliphatic heterocycles. The molecule has 3 rings (SSSR count). The number of benzene rings is 1. The minimum atomic E-state index is 0.0615. The van der Waals surface area contributed by atoms with Crippen molar-refractivity contribution in [3.63, 3.8) is 0 Å². The van der Waals surface area contributed by atoms with Crippen LogP contribution < -0.4 is 0 Å². The van der Waals surface area contributed by atoms with Crippen molar-refractivity contribution in [3.05, 3.63) is 41.6 Å². The predicted octanol–water partition coefficient (Wildman–Crippen LogP) is 4.25. The van der Waals surface area contributed by atoms with Gasteiger partial charge in [-0.2, -0.15) is 0 Å². The molecule has 1 aliphatic carbocycles. The van der Waals surface area contributed by atoms with E-state index in [-0.39, 0.29) is 11.2 Å². The molecule has 0 radical (unpaired) electrons. The van der Waals surface area contributed by atoms with E-state index in [9.17, 15) is 4.79 Å². The van der Waals surface area contributed by atoms with Crippen LogP contribution in [-0.4, -0.2) is 10.8 Å². The Balaban J connectivity index is 2.19. The molecule has 0 bridgehead atoms. The molecule has 2 aromatic rings. The van der Waals surface area contributed by atoms with Crippen LogP contribution in [0.4, 0.5) is 0 Å². The van der Waals surface area contributed by atoms with Crippen LogP contribution in [-0.2, 0) is 4.79 Å². The number of aromatic nitrogens is 1. The highest BCUT2D eigenvalue weighted by atomic mass is 16.1. The van der Waals surface area contributed by atoms with Gasteiger partial charge in [-0.25, -0.2) is 0 Å². The van der Waals surface area contributed by atoms with E-state index in [1.165, 1.54) is 16.5 Å². The summed E-state index contributed by atoms with van der Waals surface area (Å²) in [5.74, 6) is 0.246. The van der Waals surface area contributed by atoms with Crippen LogP contribution >= 0.6 is 0 Å². The average molecular weight is 253 g/mol. The maximum absolute atomic E-state index is 11.9. The summed E-state index contributed by atoms with van der Waals surface area (Å²) in [4.78, 5) is 15.4. The van der Waals surface area contributed by atoms with Gasteiger partial charge in [0.05, 0.1) is 0 Å². The van der Waals surface area contributed by atoms with Gasteiger partial charge < -0.3 is 4.98 Å². The highest BCUT2D eigenvalue weighted by Crippen LogP contribution is 2.41. The number of fused-ring (bicyclic) bond motifs is 1. The highest BCUT2D eigenvalue weighted by Gasteiger charge is 2.29. The van der Waals surface area contributed by atoms with Crippen LogP contribution in [0.2, 0.25) is 0 Å². The summed E-state index contributed by atoms with van der Waals surface area (Å²) >= 11 is 0. The van der Waals surface area contributed by atoms with Crippen LogP contribution in [0.15, 0.2) is 30.3 Å². The second-order valence-electron chi connectivity index (χ2n) is 6.32. The van der Waals surface area contributed by atoms with Gasteiger partial charge in [-0.1, -0.05) is 32.0 Å². The van der Waals surface area contributed by atoms with Gasteiger partial charge in [0.25, 0.3) is 0 Å². The molecule has 0 amide bonds. The lowest BCUT2D eigenvalue weighted by Crippen LogP contribution is -2.21. The molecule has 0 spiro atoms. The first-order valence-corrected chi connectivity index (χ1v) is 6.77.